The van der Waals surface area contributed by atoms with Crippen molar-refractivity contribution in [3.63, 3.8) is 0 Å². The fourth-order valence-electron chi connectivity index (χ4n) is 3.21. The van der Waals surface area contributed by atoms with Crippen LogP contribution < -0.4 is 0 Å². The van der Waals surface area contributed by atoms with E-state index in [9.17, 15) is 19.4 Å². The summed E-state index contributed by atoms with van der Waals surface area (Å²) in [5.41, 5.74) is 0. The van der Waals surface area contributed by atoms with E-state index in [1.165, 1.54) is 51.4 Å². The summed E-state index contributed by atoms with van der Waals surface area (Å²) in [7, 11) is -0.613. The second-order valence-corrected chi connectivity index (χ2v) is 10.5. The van der Waals surface area contributed by atoms with Gasteiger partial charge in [-0.25, -0.2) is 4.57 Å². The SMILES string of the molecule is CCCCCCCC/C=C\CCCCCCCC(=O)OCC(O)COP(=O)(O)OCCN(C)C. The first-order chi connectivity index (χ1) is 16.3. The lowest BCUT2D eigenvalue weighted by molar-refractivity contribution is -0.147. The molecule has 0 aromatic carbocycles. The summed E-state index contributed by atoms with van der Waals surface area (Å²) in [6.45, 7) is 2.01. The molecule has 2 N–H and O–H groups in total. The predicted molar refractivity (Wildman–Crippen MR) is 137 cm³/mol. The molecule has 0 spiro atoms. The number of unbranched alkanes of at least 4 members (excludes halogenated alkanes) is 11. The van der Waals surface area contributed by atoms with Crippen LogP contribution in [0.1, 0.15) is 96.8 Å². The highest BCUT2D eigenvalue weighted by Crippen LogP contribution is 2.42. The number of allylic oxidation sites excluding steroid dienone is 2. The molecule has 0 fully saturated rings. The minimum absolute atomic E-state index is 0.0296. The standard InChI is InChI=1S/C25H50NO7P/c1-4-5-6-7-8-9-10-11-12-13-14-15-16-17-18-19-25(28)31-22-24(27)23-33-34(29,30)32-21-20-26(2)3/h11-12,24,27H,4-10,13-23H2,1-3H3,(H,29,30)/b12-11-. The first-order valence-corrected chi connectivity index (χ1v) is 14.5. The molecule has 0 saturated heterocycles. The van der Waals surface area contributed by atoms with Gasteiger partial charge in [0, 0.05) is 13.0 Å². The molecule has 2 atom stereocenters. The van der Waals surface area contributed by atoms with E-state index in [2.05, 4.69) is 19.1 Å². The summed E-state index contributed by atoms with van der Waals surface area (Å²) >= 11 is 0. The Bertz CT molecular complexity index is 557. The number of rotatable bonds is 24. The molecule has 202 valence electrons. The van der Waals surface area contributed by atoms with Gasteiger partial charge in [-0.1, -0.05) is 70.4 Å². The van der Waals surface area contributed by atoms with Crippen molar-refractivity contribution in [2.24, 2.45) is 0 Å². The van der Waals surface area contributed by atoms with Crippen molar-refractivity contribution in [2.45, 2.75) is 103 Å². The molecule has 8 nitrogen and oxygen atoms in total. The smallest absolute Gasteiger partial charge is 0.463 e. The van der Waals surface area contributed by atoms with Crippen LogP contribution in [0.3, 0.4) is 0 Å². The first-order valence-electron chi connectivity index (χ1n) is 13.0. The fraction of sp³-hybridized carbons (Fsp3) is 0.880. The van der Waals surface area contributed by atoms with E-state index in [4.69, 9.17) is 13.8 Å². The normalized spacial score (nSPS) is 14.5. The number of likely N-dealkylation sites (N-methyl/N-ethyl adjacent to an activating group) is 1. The minimum atomic E-state index is -4.23. The van der Waals surface area contributed by atoms with Gasteiger partial charge in [0.1, 0.15) is 12.7 Å². The lowest BCUT2D eigenvalue weighted by atomic mass is 10.1. The molecule has 0 aliphatic carbocycles. The quantitative estimate of drug-likeness (QED) is 0.0750. The molecule has 2 unspecified atom stereocenters. The Kier molecular flexibility index (Phi) is 22.2. The molecule has 9 heteroatoms. The van der Waals surface area contributed by atoms with E-state index in [0.717, 1.165) is 32.1 Å². The number of phosphoric ester groups is 1. The predicted octanol–water partition coefficient (Wildman–Crippen LogP) is 5.62. The van der Waals surface area contributed by atoms with Gasteiger partial charge in [0.25, 0.3) is 0 Å². The average molecular weight is 508 g/mol. The van der Waals surface area contributed by atoms with E-state index in [1.54, 1.807) is 4.90 Å². The van der Waals surface area contributed by atoms with Gasteiger partial charge in [0.15, 0.2) is 0 Å². The van der Waals surface area contributed by atoms with Crippen LogP contribution in [-0.2, 0) is 23.1 Å². The van der Waals surface area contributed by atoms with Gasteiger partial charge in [0.2, 0.25) is 0 Å². The summed E-state index contributed by atoms with van der Waals surface area (Å²) in [5, 5.41) is 9.78. The molecule has 0 aliphatic rings. The van der Waals surface area contributed by atoms with Crippen LogP contribution in [0.5, 0.6) is 0 Å². The maximum absolute atomic E-state index is 11.8. The molecule has 0 aliphatic heterocycles. The fourth-order valence-corrected chi connectivity index (χ4v) is 3.95. The molecule has 0 aromatic heterocycles. The Hall–Kier alpha value is -0.760. The first kappa shape index (κ1) is 33.2. The van der Waals surface area contributed by atoms with E-state index in [-0.39, 0.29) is 19.2 Å². The molecule has 0 rings (SSSR count). The summed E-state index contributed by atoms with van der Waals surface area (Å²) in [4.78, 5) is 23.1. The third-order valence-electron chi connectivity index (χ3n) is 5.30. The molecule has 0 amide bonds. The topological polar surface area (TPSA) is 106 Å². The highest BCUT2D eigenvalue weighted by molar-refractivity contribution is 7.47. The zero-order valence-corrected chi connectivity index (χ0v) is 22.7. The molecule has 0 aromatic rings. The second-order valence-electron chi connectivity index (χ2n) is 9.07. The van der Waals surface area contributed by atoms with E-state index in [1.807, 2.05) is 14.1 Å². The average Bonchev–Trinajstić information content (AvgIpc) is 2.78. The zero-order chi connectivity index (χ0) is 25.5. The van der Waals surface area contributed by atoms with Crippen LogP contribution in [0.15, 0.2) is 12.2 Å². The number of hydrogen-bond acceptors (Lipinski definition) is 7. The van der Waals surface area contributed by atoms with Crippen LogP contribution >= 0.6 is 7.82 Å². The molecule has 0 heterocycles. The number of carbonyl (C=O) groups is 1. The van der Waals surface area contributed by atoms with Crippen LogP contribution in [0.2, 0.25) is 0 Å². The number of nitrogens with zero attached hydrogens (tertiary/aromatic N) is 1. The Morgan fingerprint density at radius 2 is 1.44 bits per heavy atom. The Labute approximate surface area is 207 Å². The number of esters is 1. The monoisotopic (exact) mass is 507 g/mol. The van der Waals surface area contributed by atoms with Crippen LogP contribution in [0.25, 0.3) is 0 Å². The van der Waals surface area contributed by atoms with E-state index < -0.39 is 20.5 Å². The van der Waals surface area contributed by atoms with Crippen molar-refractivity contribution < 1.29 is 33.1 Å². The minimum Gasteiger partial charge on any atom is -0.463 e. The second kappa shape index (κ2) is 22.7. The molecular weight excluding hydrogens is 457 g/mol. The number of hydrogen-bond donors (Lipinski definition) is 2. The molecule has 0 radical (unpaired) electrons. The molecule has 0 saturated carbocycles. The lowest BCUT2D eigenvalue weighted by Crippen LogP contribution is -2.24. The van der Waals surface area contributed by atoms with Gasteiger partial charge in [-0.2, -0.15) is 0 Å². The van der Waals surface area contributed by atoms with Crippen molar-refractivity contribution >= 4 is 13.8 Å². The Balaban J connectivity index is 3.55. The van der Waals surface area contributed by atoms with Crippen molar-refractivity contribution in [2.75, 3.05) is 40.5 Å². The highest BCUT2D eigenvalue weighted by Gasteiger charge is 2.23. The van der Waals surface area contributed by atoms with Gasteiger partial charge in [-0.3, -0.25) is 13.8 Å². The molecular formula is C25H50NO7P. The van der Waals surface area contributed by atoms with Crippen LogP contribution in [0.4, 0.5) is 0 Å². The number of aliphatic hydroxyl groups is 1. The van der Waals surface area contributed by atoms with Gasteiger partial charge in [-0.15, -0.1) is 0 Å². The summed E-state index contributed by atoms with van der Waals surface area (Å²) in [5.74, 6) is -0.383. The van der Waals surface area contributed by atoms with E-state index >= 15 is 0 Å². The number of aliphatic hydroxyl groups excluding tert-OH is 1. The third kappa shape index (κ3) is 24.4. The van der Waals surface area contributed by atoms with Crippen LogP contribution in [0, 0.1) is 0 Å². The summed E-state index contributed by atoms with van der Waals surface area (Å²) in [6, 6.07) is 0. The zero-order valence-electron chi connectivity index (χ0n) is 21.8. The third-order valence-corrected chi connectivity index (χ3v) is 6.29. The maximum Gasteiger partial charge on any atom is 0.472 e. The summed E-state index contributed by atoms with van der Waals surface area (Å²) < 4.78 is 26.2. The van der Waals surface area contributed by atoms with E-state index in [0.29, 0.717) is 13.0 Å². The van der Waals surface area contributed by atoms with Gasteiger partial charge >= 0.3 is 13.8 Å². The maximum atomic E-state index is 11.8. The van der Waals surface area contributed by atoms with Gasteiger partial charge in [0.05, 0.1) is 13.2 Å². The summed E-state index contributed by atoms with van der Waals surface area (Å²) in [6.07, 6.45) is 19.2. The highest BCUT2D eigenvalue weighted by atomic mass is 31.2. The largest absolute Gasteiger partial charge is 0.472 e. The Morgan fingerprint density at radius 3 is 2.03 bits per heavy atom. The van der Waals surface area contributed by atoms with Crippen molar-refractivity contribution in [3.8, 4) is 0 Å². The van der Waals surface area contributed by atoms with Gasteiger partial charge < -0.3 is 19.6 Å². The van der Waals surface area contributed by atoms with Gasteiger partial charge in [-0.05, 0) is 46.2 Å². The molecule has 34 heavy (non-hydrogen) atoms. The van der Waals surface area contributed by atoms with Crippen molar-refractivity contribution in [1.29, 1.82) is 0 Å². The molecule has 0 bridgehead atoms. The number of ether oxygens (including phenoxy) is 1. The number of phosphoric acid groups is 1. The lowest BCUT2D eigenvalue weighted by Gasteiger charge is -2.16. The Morgan fingerprint density at radius 1 is 0.882 bits per heavy atom. The number of carbonyl (C=O) groups excluding carboxylic acids is 1. The van der Waals surface area contributed by atoms with Crippen LogP contribution in [-0.4, -0.2) is 67.4 Å². The van der Waals surface area contributed by atoms with Crippen molar-refractivity contribution in [3.05, 3.63) is 12.2 Å². The van der Waals surface area contributed by atoms with Crippen molar-refractivity contribution in [1.82, 2.24) is 4.90 Å².